The van der Waals surface area contributed by atoms with E-state index in [-0.39, 0.29) is 11.3 Å². The molecule has 20 heteroatoms. The summed E-state index contributed by atoms with van der Waals surface area (Å²) in [7, 11) is -14.7. The van der Waals surface area contributed by atoms with Gasteiger partial charge in [-0.05, 0) is 25.1 Å². The molecule has 0 unspecified atom stereocenters. The van der Waals surface area contributed by atoms with Gasteiger partial charge >= 0.3 is 31.2 Å². The Morgan fingerprint density at radius 2 is 1.23 bits per heavy atom. The standard InChI is InChI=1S/C15H4O17S3/c16-8-7-10(23-9-5-3-1-2-4-6(5)27-34(19,20)30-25-12(8)9)14-13-15(29-33(17,18)28-14)11(7)24-31-35(21,22)32-26-13/h1-4H. The maximum atomic E-state index is 13.4. The Labute approximate surface area is 192 Å². The smallest absolute Gasteiger partial charge is 0.447 e. The molecule has 35 heavy (non-hydrogen) atoms. The van der Waals surface area contributed by atoms with Crippen LogP contribution in [0.4, 0.5) is 0 Å². The Kier molecular flexibility index (Phi) is 4.26. The summed E-state index contributed by atoms with van der Waals surface area (Å²) in [4.78, 5) is 27.3. The van der Waals surface area contributed by atoms with Crippen LogP contribution in [0.25, 0.3) is 22.3 Å². The summed E-state index contributed by atoms with van der Waals surface area (Å²) in [6.45, 7) is 0. The number of rotatable bonds is 0. The number of hydrogen-bond donors (Lipinski definition) is 0. The van der Waals surface area contributed by atoms with Crippen molar-refractivity contribution in [3.63, 3.8) is 0 Å². The van der Waals surface area contributed by atoms with Gasteiger partial charge in [-0.25, -0.2) is 0 Å². The zero-order valence-corrected chi connectivity index (χ0v) is 18.4. The molecule has 0 atom stereocenters. The predicted molar refractivity (Wildman–Crippen MR) is 102 cm³/mol. The fourth-order valence-corrected chi connectivity index (χ4v) is 4.79. The Morgan fingerprint density at radius 3 is 2.00 bits per heavy atom. The van der Waals surface area contributed by atoms with Gasteiger partial charge in [0, 0.05) is 0 Å². The lowest BCUT2D eigenvalue weighted by molar-refractivity contribution is -0.169. The molecule has 3 aromatic rings. The summed E-state index contributed by atoms with van der Waals surface area (Å²) in [6.07, 6.45) is 0. The van der Waals surface area contributed by atoms with Crippen molar-refractivity contribution in [1.29, 1.82) is 0 Å². The summed E-state index contributed by atoms with van der Waals surface area (Å²) in [5, 5.41) is -0.784. The molecule has 6 rings (SSSR count). The van der Waals surface area contributed by atoms with E-state index in [4.69, 9.17) is 12.8 Å². The van der Waals surface area contributed by atoms with E-state index in [1.54, 1.807) is 0 Å². The molecule has 0 radical (unpaired) electrons. The minimum atomic E-state index is -5.00. The van der Waals surface area contributed by atoms with Crippen molar-refractivity contribution in [3.05, 3.63) is 34.5 Å². The first-order valence-corrected chi connectivity index (χ1v) is 12.7. The molecule has 184 valence electrons. The fraction of sp³-hybridized carbons (Fsp3) is 0. The lowest BCUT2D eigenvalue weighted by Crippen LogP contribution is -2.27. The molecule has 0 fully saturated rings. The first kappa shape index (κ1) is 21.7. The van der Waals surface area contributed by atoms with Crippen molar-refractivity contribution < 1.29 is 69.9 Å². The van der Waals surface area contributed by atoms with Crippen molar-refractivity contribution in [2.75, 3.05) is 0 Å². The van der Waals surface area contributed by atoms with Gasteiger partial charge in [-0.2, -0.15) is 16.8 Å². The summed E-state index contributed by atoms with van der Waals surface area (Å²) in [6, 6.07) is 5.26. The van der Waals surface area contributed by atoms with Crippen LogP contribution in [-0.2, 0) is 44.2 Å². The largest absolute Gasteiger partial charge is 0.501 e. The van der Waals surface area contributed by atoms with Gasteiger partial charge in [0.1, 0.15) is 5.39 Å². The highest BCUT2D eigenvalue weighted by atomic mass is 32.3. The first-order chi connectivity index (χ1) is 16.4. The molecular formula is C15H4O17S3. The third-order valence-corrected chi connectivity index (χ3v) is 6.25. The molecule has 0 amide bonds. The maximum absolute atomic E-state index is 13.4. The van der Waals surface area contributed by atoms with E-state index >= 15 is 0 Å². The van der Waals surface area contributed by atoms with Gasteiger partial charge in [-0.1, -0.05) is 12.1 Å². The predicted octanol–water partition coefficient (Wildman–Crippen LogP) is 0.303. The van der Waals surface area contributed by atoms with Crippen LogP contribution < -0.4 is 32.6 Å². The van der Waals surface area contributed by atoms with E-state index in [2.05, 4.69) is 31.8 Å². The van der Waals surface area contributed by atoms with Crippen molar-refractivity contribution in [1.82, 2.24) is 0 Å². The fourth-order valence-electron chi connectivity index (χ4n) is 3.18. The number of para-hydroxylation sites is 1. The third-order valence-electron chi connectivity index (χ3n) is 4.42. The van der Waals surface area contributed by atoms with Crippen molar-refractivity contribution in [2.45, 2.75) is 0 Å². The molecule has 3 aliphatic heterocycles. The average molecular weight is 552 g/mol. The highest BCUT2D eigenvalue weighted by Crippen LogP contribution is 2.56. The molecule has 17 nitrogen and oxygen atoms in total. The first-order valence-electron chi connectivity index (χ1n) is 8.66. The zero-order valence-electron chi connectivity index (χ0n) is 16.0. The lowest BCUT2D eigenvalue weighted by atomic mass is 10.1. The summed E-state index contributed by atoms with van der Waals surface area (Å²) in [5.41, 5.74) is -2.15. The maximum Gasteiger partial charge on any atom is 0.501 e. The molecule has 0 spiro atoms. The number of fused-ring (bicyclic) bond motifs is 6. The van der Waals surface area contributed by atoms with E-state index in [0.29, 0.717) is 0 Å². The van der Waals surface area contributed by atoms with E-state index in [1.165, 1.54) is 24.3 Å². The van der Waals surface area contributed by atoms with E-state index < -0.39 is 82.1 Å². The third kappa shape index (κ3) is 3.38. The molecule has 4 heterocycles. The SMILES string of the molecule is O=c1c2c(oc3c4c5c(c(c13)OOS(=O)(=O)OO5)OS(=O)(=O)O4)-c1ccccc1OS(=O)(=O)OO2. The molecule has 1 aromatic heterocycles. The quantitative estimate of drug-likeness (QED) is 0.343. The van der Waals surface area contributed by atoms with Crippen molar-refractivity contribution in [3.8, 4) is 45.8 Å². The number of benzene rings is 2. The van der Waals surface area contributed by atoms with Crippen LogP contribution >= 0.6 is 0 Å². The van der Waals surface area contributed by atoms with Gasteiger partial charge in [0.05, 0.1) is 5.56 Å². The van der Waals surface area contributed by atoms with Crippen LogP contribution in [0.15, 0.2) is 33.5 Å². The highest BCUT2D eigenvalue weighted by molar-refractivity contribution is 7.82. The van der Waals surface area contributed by atoms with Crippen LogP contribution in [0, 0.1) is 0 Å². The highest BCUT2D eigenvalue weighted by Gasteiger charge is 2.44. The van der Waals surface area contributed by atoms with Gasteiger partial charge in [0.2, 0.25) is 22.7 Å². The summed E-state index contributed by atoms with van der Waals surface area (Å²) < 4.78 is 104. The van der Waals surface area contributed by atoms with Gasteiger partial charge in [-0.3, -0.25) is 4.79 Å². The van der Waals surface area contributed by atoms with E-state index in [1.807, 2.05) is 0 Å². The molecule has 0 aliphatic carbocycles. The topological polar surface area (TPSA) is 216 Å². The average Bonchev–Trinajstić information content (AvgIpc) is 2.75. The normalized spacial score (nSPS) is 20.2. The molecule has 0 saturated carbocycles. The van der Waals surface area contributed by atoms with Gasteiger partial charge in [0.15, 0.2) is 17.1 Å². The van der Waals surface area contributed by atoms with Crippen LogP contribution in [0.1, 0.15) is 0 Å². The molecule has 2 aromatic carbocycles. The summed E-state index contributed by atoms with van der Waals surface area (Å²) >= 11 is 0. The van der Waals surface area contributed by atoms with Crippen LogP contribution in [0.3, 0.4) is 0 Å². The van der Waals surface area contributed by atoms with E-state index in [0.717, 1.165) is 0 Å². The van der Waals surface area contributed by atoms with Gasteiger partial charge in [0.25, 0.3) is 11.5 Å². The van der Waals surface area contributed by atoms with Crippen LogP contribution in [-0.4, -0.2) is 25.3 Å². The molecule has 0 N–H and O–H groups in total. The Bertz CT molecular complexity index is 1840. The monoisotopic (exact) mass is 552 g/mol. The minimum absolute atomic E-state index is 0.160. The van der Waals surface area contributed by atoms with Crippen LogP contribution in [0.2, 0.25) is 0 Å². The van der Waals surface area contributed by atoms with Crippen molar-refractivity contribution >= 4 is 42.2 Å². The van der Waals surface area contributed by atoms with E-state index in [9.17, 15) is 30.0 Å². The Morgan fingerprint density at radius 1 is 0.600 bits per heavy atom. The second kappa shape index (κ2) is 6.87. The lowest BCUT2D eigenvalue weighted by Gasteiger charge is -2.24. The van der Waals surface area contributed by atoms with Gasteiger partial charge in [-0.15, -0.1) is 8.42 Å². The summed E-state index contributed by atoms with van der Waals surface area (Å²) in [5.74, 6) is -5.42. The molecular weight excluding hydrogens is 548 g/mol. The molecule has 4 bridgehead atoms. The van der Waals surface area contributed by atoms with Crippen molar-refractivity contribution in [2.24, 2.45) is 0 Å². The van der Waals surface area contributed by atoms with Crippen LogP contribution in [0.5, 0.6) is 34.5 Å². The molecule has 3 aliphatic rings. The van der Waals surface area contributed by atoms with Gasteiger partial charge < -0.3 is 31.6 Å². The number of hydrogen-bond acceptors (Lipinski definition) is 17. The second-order valence-electron chi connectivity index (χ2n) is 6.54. The molecule has 0 saturated heterocycles. The Balaban J connectivity index is 1.76. The second-order valence-corrected chi connectivity index (χ2v) is 9.89. The zero-order chi connectivity index (χ0) is 24.8. The minimum Gasteiger partial charge on any atom is -0.447 e. The Hall–Kier alpha value is -3.82.